The fourth-order valence-corrected chi connectivity index (χ4v) is 1.80. The first kappa shape index (κ1) is 11.5. The Hall–Kier alpha value is -2.03. The van der Waals surface area contributed by atoms with E-state index in [-0.39, 0.29) is 5.56 Å². The van der Waals surface area contributed by atoms with Crippen LogP contribution in [0, 0.1) is 0 Å². The van der Waals surface area contributed by atoms with E-state index in [0.717, 1.165) is 11.8 Å². The molecule has 0 spiro atoms. The van der Waals surface area contributed by atoms with E-state index in [1.54, 1.807) is 12.1 Å². The van der Waals surface area contributed by atoms with Crippen LogP contribution >= 0.6 is 0 Å². The van der Waals surface area contributed by atoms with E-state index in [4.69, 9.17) is 4.74 Å². The lowest BCUT2D eigenvalue weighted by Crippen LogP contribution is -2.04. The molecule has 88 valence electrons. The van der Waals surface area contributed by atoms with Gasteiger partial charge in [0.05, 0.1) is 6.61 Å². The van der Waals surface area contributed by atoms with E-state index in [1.165, 1.54) is 0 Å². The van der Waals surface area contributed by atoms with Crippen LogP contribution in [0.25, 0.3) is 10.8 Å². The van der Waals surface area contributed by atoms with Crippen molar-refractivity contribution in [3.8, 4) is 5.75 Å². The van der Waals surface area contributed by atoms with Crippen LogP contribution in [-0.2, 0) is 0 Å². The molecule has 0 heterocycles. The highest BCUT2D eigenvalue weighted by Gasteiger charge is 2.15. The molecule has 0 amide bonds. The van der Waals surface area contributed by atoms with Crippen LogP contribution in [0.1, 0.15) is 23.7 Å². The first-order valence-electron chi connectivity index (χ1n) is 5.62. The summed E-state index contributed by atoms with van der Waals surface area (Å²) in [7, 11) is 0. The zero-order valence-corrected chi connectivity index (χ0v) is 9.64. The average molecular weight is 230 g/mol. The number of rotatable bonds is 4. The van der Waals surface area contributed by atoms with Gasteiger partial charge >= 0.3 is 5.97 Å². The third kappa shape index (κ3) is 2.23. The second-order valence-electron chi connectivity index (χ2n) is 3.81. The van der Waals surface area contributed by atoms with Crippen molar-refractivity contribution in [1.82, 2.24) is 0 Å². The lowest BCUT2D eigenvalue weighted by Gasteiger charge is -2.10. The Morgan fingerprint density at radius 1 is 1.24 bits per heavy atom. The molecule has 0 saturated carbocycles. The summed E-state index contributed by atoms with van der Waals surface area (Å²) in [5.41, 5.74) is 0.247. The summed E-state index contributed by atoms with van der Waals surface area (Å²) in [6.45, 7) is 2.51. The molecule has 0 atom stereocenters. The normalized spacial score (nSPS) is 10.4. The standard InChI is InChI=1S/C14H14O3/c1-2-9-17-12-8-7-10-5-3-4-6-11(10)13(12)14(15)16/h3-8H,2,9H2,1H3,(H,15,16). The fourth-order valence-electron chi connectivity index (χ4n) is 1.80. The summed E-state index contributed by atoms with van der Waals surface area (Å²) in [5, 5.41) is 10.9. The van der Waals surface area contributed by atoms with Crippen LogP contribution in [0.5, 0.6) is 5.75 Å². The van der Waals surface area contributed by atoms with E-state index in [2.05, 4.69) is 0 Å². The van der Waals surface area contributed by atoms with Crippen LogP contribution in [0.3, 0.4) is 0 Å². The van der Waals surface area contributed by atoms with Crippen molar-refractivity contribution in [2.75, 3.05) is 6.61 Å². The molecule has 0 fully saturated rings. The molecule has 0 bridgehead atoms. The van der Waals surface area contributed by atoms with Crippen molar-refractivity contribution in [2.24, 2.45) is 0 Å². The number of hydrogen-bond donors (Lipinski definition) is 1. The van der Waals surface area contributed by atoms with E-state index >= 15 is 0 Å². The van der Waals surface area contributed by atoms with Gasteiger partial charge < -0.3 is 9.84 Å². The average Bonchev–Trinajstić information content (AvgIpc) is 2.35. The molecule has 1 N–H and O–H groups in total. The van der Waals surface area contributed by atoms with Gasteiger partial charge in [-0.15, -0.1) is 0 Å². The van der Waals surface area contributed by atoms with Gasteiger partial charge in [0.1, 0.15) is 11.3 Å². The molecule has 0 aliphatic heterocycles. The lowest BCUT2D eigenvalue weighted by molar-refractivity contribution is 0.0694. The zero-order chi connectivity index (χ0) is 12.3. The Balaban J connectivity index is 2.60. The molecule has 2 rings (SSSR count). The largest absolute Gasteiger partial charge is 0.493 e. The molecule has 2 aromatic carbocycles. The first-order chi connectivity index (χ1) is 8.24. The number of aromatic carboxylic acids is 1. The van der Waals surface area contributed by atoms with Gasteiger partial charge in [0.25, 0.3) is 0 Å². The Morgan fingerprint density at radius 2 is 2.00 bits per heavy atom. The van der Waals surface area contributed by atoms with E-state index in [1.807, 2.05) is 31.2 Å². The first-order valence-corrected chi connectivity index (χ1v) is 5.62. The van der Waals surface area contributed by atoms with Crippen molar-refractivity contribution >= 4 is 16.7 Å². The molecule has 0 saturated heterocycles. The summed E-state index contributed by atoms with van der Waals surface area (Å²) in [5.74, 6) is -0.508. The monoisotopic (exact) mass is 230 g/mol. The van der Waals surface area contributed by atoms with Crippen molar-refractivity contribution < 1.29 is 14.6 Å². The van der Waals surface area contributed by atoms with Gasteiger partial charge in [-0.05, 0) is 23.3 Å². The van der Waals surface area contributed by atoms with E-state index in [0.29, 0.717) is 17.7 Å². The van der Waals surface area contributed by atoms with Gasteiger partial charge in [-0.1, -0.05) is 37.3 Å². The Labute approximate surface area is 99.6 Å². The van der Waals surface area contributed by atoms with Gasteiger partial charge in [0, 0.05) is 0 Å². The highest BCUT2D eigenvalue weighted by Crippen LogP contribution is 2.28. The molecule has 0 aliphatic carbocycles. The zero-order valence-electron chi connectivity index (χ0n) is 9.64. The fraction of sp³-hybridized carbons (Fsp3) is 0.214. The minimum absolute atomic E-state index is 0.247. The van der Waals surface area contributed by atoms with Crippen LogP contribution in [-0.4, -0.2) is 17.7 Å². The SMILES string of the molecule is CCCOc1ccc2ccccc2c1C(=O)O. The second kappa shape index (κ2) is 4.87. The summed E-state index contributed by atoms with van der Waals surface area (Å²) in [6, 6.07) is 11.0. The maximum atomic E-state index is 11.3. The van der Waals surface area contributed by atoms with Crippen LogP contribution in [0.15, 0.2) is 36.4 Å². The van der Waals surface area contributed by atoms with Gasteiger partial charge in [-0.3, -0.25) is 0 Å². The number of benzene rings is 2. The van der Waals surface area contributed by atoms with Gasteiger partial charge in [0.2, 0.25) is 0 Å². The Kier molecular flexibility index (Phi) is 3.28. The maximum Gasteiger partial charge on any atom is 0.340 e. The number of carboxylic acids is 1. The van der Waals surface area contributed by atoms with Crippen LogP contribution < -0.4 is 4.74 Å². The third-order valence-corrected chi connectivity index (χ3v) is 2.57. The Morgan fingerprint density at radius 3 is 2.71 bits per heavy atom. The van der Waals surface area contributed by atoms with E-state index < -0.39 is 5.97 Å². The predicted octanol–water partition coefficient (Wildman–Crippen LogP) is 3.33. The summed E-state index contributed by atoms with van der Waals surface area (Å²) >= 11 is 0. The summed E-state index contributed by atoms with van der Waals surface area (Å²) in [4.78, 5) is 11.3. The molecular formula is C14H14O3. The number of fused-ring (bicyclic) bond motifs is 1. The number of ether oxygens (including phenoxy) is 1. The minimum atomic E-state index is -0.951. The topological polar surface area (TPSA) is 46.5 Å². The molecule has 3 nitrogen and oxygen atoms in total. The number of carboxylic acid groups (broad SMARTS) is 1. The molecular weight excluding hydrogens is 216 g/mol. The predicted molar refractivity (Wildman–Crippen MR) is 66.7 cm³/mol. The van der Waals surface area contributed by atoms with Gasteiger partial charge in [-0.25, -0.2) is 4.79 Å². The van der Waals surface area contributed by atoms with Crippen molar-refractivity contribution in [1.29, 1.82) is 0 Å². The molecule has 17 heavy (non-hydrogen) atoms. The Bertz CT molecular complexity index is 546. The van der Waals surface area contributed by atoms with Gasteiger partial charge in [-0.2, -0.15) is 0 Å². The number of hydrogen-bond acceptors (Lipinski definition) is 2. The summed E-state index contributed by atoms with van der Waals surface area (Å²) < 4.78 is 5.47. The quantitative estimate of drug-likeness (QED) is 0.876. The van der Waals surface area contributed by atoms with Crippen LogP contribution in [0.4, 0.5) is 0 Å². The maximum absolute atomic E-state index is 11.3. The smallest absolute Gasteiger partial charge is 0.340 e. The lowest BCUT2D eigenvalue weighted by atomic mass is 10.0. The van der Waals surface area contributed by atoms with Crippen molar-refractivity contribution in [2.45, 2.75) is 13.3 Å². The highest BCUT2D eigenvalue weighted by molar-refractivity contribution is 6.06. The molecule has 0 unspecified atom stereocenters. The molecule has 0 aromatic heterocycles. The molecule has 2 aromatic rings. The highest BCUT2D eigenvalue weighted by atomic mass is 16.5. The van der Waals surface area contributed by atoms with Gasteiger partial charge in [0.15, 0.2) is 0 Å². The van der Waals surface area contributed by atoms with E-state index in [9.17, 15) is 9.90 Å². The van der Waals surface area contributed by atoms with Crippen molar-refractivity contribution in [3.63, 3.8) is 0 Å². The molecule has 0 aliphatic rings. The van der Waals surface area contributed by atoms with Crippen molar-refractivity contribution in [3.05, 3.63) is 42.0 Å². The molecule has 3 heteroatoms. The number of carbonyl (C=O) groups is 1. The summed E-state index contributed by atoms with van der Waals surface area (Å²) in [6.07, 6.45) is 0.853. The second-order valence-corrected chi connectivity index (χ2v) is 3.81. The third-order valence-electron chi connectivity index (χ3n) is 2.57. The van der Waals surface area contributed by atoms with Crippen LogP contribution in [0.2, 0.25) is 0 Å². The molecule has 0 radical (unpaired) electrons. The minimum Gasteiger partial charge on any atom is -0.493 e.